The highest BCUT2D eigenvalue weighted by Crippen LogP contribution is 2.33. The Bertz CT molecular complexity index is 771. The van der Waals surface area contributed by atoms with E-state index in [1.54, 1.807) is 0 Å². The first-order chi connectivity index (χ1) is 12.3. The molecule has 4 aliphatic heterocycles. The number of hydrogen-bond acceptors (Lipinski definition) is 4. The molecule has 2 aromatic rings. The van der Waals surface area contributed by atoms with Gasteiger partial charge in [0.2, 0.25) is 0 Å². The third-order valence-corrected chi connectivity index (χ3v) is 6.66. The molecule has 7 heteroatoms. The molecular weight excluding hydrogens is 403 g/mol. The van der Waals surface area contributed by atoms with Crippen LogP contribution in [0.2, 0.25) is 5.02 Å². The zero-order valence-corrected chi connectivity index (χ0v) is 17.6. The molecule has 0 spiro atoms. The summed E-state index contributed by atoms with van der Waals surface area (Å²) in [5, 5.41) is 1.97. The summed E-state index contributed by atoms with van der Waals surface area (Å²) in [6, 6.07) is 8.99. The third-order valence-electron chi connectivity index (χ3n) is 6.43. The Morgan fingerprint density at radius 2 is 1.67 bits per heavy atom. The van der Waals surface area contributed by atoms with Crippen molar-refractivity contribution in [1.82, 2.24) is 14.8 Å². The van der Waals surface area contributed by atoms with Crippen molar-refractivity contribution < 1.29 is 24.8 Å². The Morgan fingerprint density at radius 3 is 2.33 bits per heavy atom. The molecule has 5 heterocycles. The third kappa shape index (κ3) is 4.01. The fourth-order valence-corrected chi connectivity index (χ4v) is 5.19. The van der Waals surface area contributed by atoms with E-state index >= 15 is 0 Å². The van der Waals surface area contributed by atoms with Gasteiger partial charge < -0.3 is 34.6 Å². The van der Waals surface area contributed by atoms with Crippen LogP contribution in [0.15, 0.2) is 30.5 Å². The largest absolute Gasteiger partial charge is 1.00 e. The van der Waals surface area contributed by atoms with Gasteiger partial charge in [-0.05, 0) is 56.1 Å². The van der Waals surface area contributed by atoms with Gasteiger partial charge in [0.15, 0.2) is 0 Å². The van der Waals surface area contributed by atoms with Crippen molar-refractivity contribution in [3.8, 4) is 0 Å². The smallest absolute Gasteiger partial charge is 0.0737 e. The maximum Gasteiger partial charge on any atom is 0.0737 e. The van der Waals surface area contributed by atoms with Gasteiger partial charge in [-0.15, -0.1) is 0 Å². The Hall–Kier alpha value is -0.780. The zero-order valence-electron chi connectivity index (χ0n) is 15.3. The Labute approximate surface area is 178 Å². The van der Waals surface area contributed by atoms with E-state index in [4.69, 9.17) is 11.6 Å². The van der Waals surface area contributed by atoms with Gasteiger partial charge >= 0.3 is 0 Å². The number of anilines is 1. The summed E-state index contributed by atoms with van der Waals surface area (Å²) < 4.78 is 0. The fourth-order valence-electron chi connectivity index (χ4n) is 5.02. The van der Waals surface area contributed by atoms with E-state index < -0.39 is 0 Å². The quantitative estimate of drug-likeness (QED) is 0.513. The van der Waals surface area contributed by atoms with Crippen LogP contribution in [0.5, 0.6) is 0 Å². The monoisotopic (exact) mass is 426 g/mol. The SMILES string of the molecule is Clc1ccc2c(N3CCN(C4CN5CCC4CC5)CC3)ccnc2c1.[Cl-].[Cl-]. The Kier molecular flexibility index (Phi) is 6.75. The van der Waals surface area contributed by atoms with Crippen LogP contribution in [-0.2, 0) is 0 Å². The molecular formula is C20H25Cl3N4-2. The van der Waals surface area contributed by atoms with Gasteiger partial charge in [0, 0.05) is 61.1 Å². The summed E-state index contributed by atoms with van der Waals surface area (Å²) in [6.07, 6.45) is 4.72. The lowest BCUT2D eigenvalue weighted by Gasteiger charge is -2.51. The highest BCUT2D eigenvalue weighted by molar-refractivity contribution is 6.31. The van der Waals surface area contributed by atoms with E-state index in [1.807, 2.05) is 18.3 Å². The molecule has 4 aliphatic rings. The lowest BCUT2D eigenvalue weighted by molar-refractivity contribution is -0.00100. The molecule has 1 aromatic carbocycles. The maximum atomic E-state index is 6.13. The van der Waals surface area contributed by atoms with Crippen molar-refractivity contribution in [3.05, 3.63) is 35.5 Å². The number of rotatable bonds is 2. The van der Waals surface area contributed by atoms with Gasteiger partial charge in [-0.25, -0.2) is 0 Å². The van der Waals surface area contributed by atoms with Crippen LogP contribution in [0.3, 0.4) is 0 Å². The van der Waals surface area contributed by atoms with Gasteiger partial charge in [0.25, 0.3) is 0 Å². The predicted molar refractivity (Wildman–Crippen MR) is 103 cm³/mol. The number of benzene rings is 1. The van der Waals surface area contributed by atoms with Crippen LogP contribution in [0, 0.1) is 5.92 Å². The highest BCUT2D eigenvalue weighted by atomic mass is 35.5. The lowest BCUT2D eigenvalue weighted by atomic mass is 9.83. The van der Waals surface area contributed by atoms with E-state index in [9.17, 15) is 0 Å². The molecule has 1 aromatic heterocycles. The van der Waals surface area contributed by atoms with Crippen molar-refractivity contribution in [3.63, 3.8) is 0 Å². The highest BCUT2D eigenvalue weighted by Gasteiger charge is 2.38. The average molecular weight is 428 g/mol. The fraction of sp³-hybridized carbons (Fsp3) is 0.550. The second-order valence-corrected chi connectivity index (χ2v) is 8.16. The van der Waals surface area contributed by atoms with E-state index in [2.05, 4.69) is 31.8 Å². The molecule has 0 radical (unpaired) electrons. The number of piperazine rings is 1. The minimum Gasteiger partial charge on any atom is -1.00 e. The van der Waals surface area contributed by atoms with Crippen molar-refractivity contribution in [2.24, 2.45) is 5.92 Å². The second-order valence-electron chi connectivity index (χ2n) is 7.72. The standard InChI is InChI=1S/C20H25ClN4.2ClH/c21-16-1-2-17-18(13-16)22-6-3-19(17)24-9-11-25(12-10-24)20-14-23-7-4-15(20)5-8-23;;/h1-3,6,13,15,20H,4-5,7-12,14H2;2*1H/p-2. The molecule has 4 saturated heterocycles. The molecule has 1 unspecified atom stereocenters. The van der Waals surface area contributed by atoms with Gasteiger partial charge in [-0.1, -0.05) is 11.6 Å². The van der Waals surface area contributed by atoms with Crippen LogP contribution >= 0.6 is 11.6 Å². The number of hydrogen-bond donors (Lipinski definition) is 0. The minimum absolute atomic E-state index is 0. The first-order valence-corrected chi connectivity index (χ1v) is 9.91. The number of halogens is 3. The van der Waals surface area contributed by atoms with Crippen molar-refractivity contribution in [1.29, 1.82) is 0 Å². The zero-order chi connectivity index (χ0) is 16.8. The molecule has 4 nitrogen and oxygen atoms in total. The van der Waals surface area contributed by atoms with Crippen molar-refractivity contribution in [2.75, 3.05) is 50.7 Å². The first-order valence-electron chi connectivity index (χ1n) is 9.53. The van der Waals surface area contributed by atoms with Crippen LogP contribution < -0.4 is 29.7 Å². The summed E-state index contributed by atoms with van der Waals surface area (Å²) >= 11 is 6.13. The molecule has 2 bridgehead atoms. The molecule has 148 valence electrons. The molecule has 1 atom stereocenters. The second kappa shape index (κ2) is 8.71. The van der Waals surface area contributed by atoms with Crippen molar-refractivity contribution >= 4 is 28.2 Å². The van der Waals surface area contributed by atoms with Crippen LogP contribution in [0.25, 0.3) is 10.9 Å². The summed E-state index contributed by atoms with van der Waals surface area (Å²) in [4.78, 5) is 12.4. The van der Waals surface area contributed by atoms with E-state index in [0.717, 1.165) is 35.6 Å². The Balaban J connectivity index is 0.00000105. The minimum atomic E-state index is 0. The van der Waals surface area contributed by atoms with E-state index in [1.165, 1.54) is 56.6 Å². The van der Waals surface area contributed by atoms with Crippen LogP contribution in [-0.4, -0.2) is 66.6 Å². The maximum absolute atomic E-state index is 6.13. The molecule has 0 saturated carbocycles. The van der Waals surface area contributed by atoms with Gasteiger partial charge in [-0.3, -0.25) is 9.88 Å². The number of pyridine rings is 1. The molecule has 4 fully saturated rings. The lowest BCUT2D eigenvalue weighted by Crippen LogP contribution is -3.00. The number of piperidine rings is 3. The summed E-state index contributed by atoms with van der Waals surface area (Å²) in [6.45, 7) is 8.50. The first kappa shape index (κ1) is 20.9. The van der Waals surface area contributed by atoms with E-state index in [-0.39, 0.29) is 24.8 Å². The van der Waals surface area contributed by atoms with Gasteiger partial charge in [-0.2, -0.15) is 0 Å². The molecule has 0 aliphatic carbocycles. The number of nitrogens with zero attached hydrogens (tertiary/aromatic N) is 4. The van der Waals surface area contributed by atoms with E-state index in [0.29, 0.717) is 0 Å². The topological polar surface area (TPSA) is 22.6 Å². The predicted octanol–water partition coefficient (Wildman–Crippen LogP) is -2.89. The molecule has 0 amide bonds. The molecule has 0 N–H and O–H groups in total. The van der Waals surface area contributed by atoms with Crippen molar-refractivity contribution in [2.45, 2.75) is 18.9 Å². The van der Waals surface area contributed by atoms with Gasteiger partial charge in [0.05, 0.1) is 5.52 Å². The Morgan fingerprint density at radius 1 is 0.926 bits per heavy atom. The number of aromatic nitrogens is 1. The summed E-state index contributed by atoms with van der Waals surface area (Å²) in [7, 11) is 0. The normalized spacial score (nSPS) is 27.9. The van der Waals surface area contributed by atoms with Crippen LogP contribution in [0.1, 0.15) is 12.8 Å². The van der Waals surface area contributed by atoms with Gasteiger partial charge in [0.1, 0.15) is 0 Å². The molecule has 6 rings (SSSR count). The summed E-state index contributed by atoms with van der Waals surface area (Å²) in [5.41, 5.74) is 2.29. The summed E-state index contributed by atoms with van der Waals surface area (Å²) in [5.74, 6) is 0.931. The molecule has 27 heavy (non-hydrogen) atoms. The average Bonchev–Trinajstić information content (AvgIpc) is 2.68. The van der Waals surface area contributed by atoms with Crippen LogP contribution in [0.4, 0.5) is 5.69 Å². The number of fused-ring (bicyclic) bond motifs is 4.